The molecule has 0 aliphatic rings. The molecular weight excluding hydrogens is 204 g/mol. The molecule has 1 aromatic rings. The maximum Gasteiger partial charge on any atom is 0.411 e. The van der Waals surface area contributed by atoms with Gasteiger partial charge in [-0.05, 0) is 25.5 Å². The average molecular weight is 215 g/mol. The predicted molar refractivity (Wildman–Crippen MR) is 51.7 cm³/mol. The van der Waals surface area contributed by atoms with Gasteiger partial charge in [0.1, 0.15) is 11.6 Å². The van der Waals surface area contributed by atoms with E-state index in [2.05, 4.69) is 10.1 Å². The zero-order chi connectivity index (χ0) is 11.4. The molecule has 0 unspecified atom stereocenters. The smallest absolute Gasteiger partial charge is 0.411 e. The molecular formula is C10H11F2NO2. The maximum absolute atomic E-state index is 13.2. The van der Waals surface area contributed by atoms with Crippen LogP contribution in [0.2, 0.25) is 0 Å². The zero-order valence-corrected chi connectivity index (χ0v) is 8.43. The van der Waals surface area contributed by atoms with Gasteiger partial charge in [-0.3, -0.25) is 5.32 Å². The third-order valence-electron chi connectivity index (χ3n) is 1.76. The molecule has 0 aromatic heterocycles. The van der Waals surface area contributed by atoms with Gasteiger partial charge in [0.2, 0.25) is 0 Å². The van der Waals surface area contributed by atoms with Crippen LogP contribution in [0.15, 0.2) is 12.1 Å². The van der Waals surface area contributed by atoms with E-state index >= 15 is 0 Å². The van der Waals surface area contributed by atoms with E-state index < -0.39 is 17.7 Å². The molecule has 0 spiro atoms. The van der Waals surface area contributed by atoms with Gasteiger partial charge < -0.3 is 4.74 Å². The molecule has 0 atom stereocenters. The molecule has 82 valence electrons. The van der Waals surface area contributed by atoms with Crippen molar-refractivity contribution in [1.29, 1.82) is 0 Å². The van der Waals surface area contributed by atoms with Gasteiger partial charge in [-0.1, -0.05) is 0 Å². The summed E-state index contributed by atoms with van der Waals surface area (Å²) in [5.74, 6) is -1.27. The number of rotatable bonds is 2. The first-order chi connectivity index (χ1) is 7.04. The van der Waals surface area contributed by atoms with Crippen LogP contribution >= 0.6 is 0 Å². The molecule has 5 heteroatoms. The molecule has 0 aliphatic heterocycles. The highest BCUT2D eigenvalue weighted by atomic mass is 19.1. The number of hydrogen-bond acceptors (Lipinski definition) is 2. The number of anilines is 1. The third kappa shape index (κ3) is 2.90. The molecule has 0 heterocycles. The number of aryl methyl sites for hydroxylation is 1. The van der Waals surface area contributed by atoms with E-state index in [4.69, 9.17) is 0 Å². The highest BCUT2D eigenvalue weighted by molar-refractivity contribution is 5.84. The number of halogens is 2. The van der Waals surface area contributed by atoms with Gasteiger partial charge in [0.25, 0.3) is 0 Å². The number of hydrogen-bond donors (Lipinski definition) is 1. The Balaban J connectivity index is 2.86. The summed E-state index contributed by atoms with van der Waals surface area (Å²) in [6.45, 7) is 3.22. The lowest BCUT2D eigenvalue weighted by Gasteiger charge is -2.07. The van der Waals surface area contributed by atoms with Crippen LogP contribution in [0, 0.1) is 18.6 Å². The Morgan fingerprint density at radius 1 is 1.40 bits per heavy atom. The monoisotopic (exact) mass is 215 g/mol. The molecule has 1 aromatic carbocycles. The van der Waals surface area contributed by atoms with Crippen molar-refractivity contribution in [2.75, 3.05) is 11.9 Å². The van der Waals surface area contributed by atoms with E-state index in [1.54, 1.807) is 6.92 Å². The summed E-state index contributed by atoms with van der Waals surface area (Å²) in [6.07, 6.45) is -0.806. The summed E-state index contributed by atoms with van der Waals surface area (Å²) in [7, 11) is 0. The van der Waals surface area contributed by atoms with E-state index in [0.717, 1.165) is 12.1 Å². The molecule has 1 rings (SSSR count). The second-order valence-electron chi connectivity index (χ2n) is 2.93. The SMILES string of the molecule is CCOC(=O)Nc1cc(F)c(C)cc1F. The molecule has 0 aliphatic carbocycles. The molecule has 1 N–H and O–H groups in total. The average Bonchev–Trinajstić information content (AvgIpc) is 2.14. The zero-order valence-electron chi connectivity index (χ0n) is 8.43. The summed E-state index contributed by atoms with van der Waals surface area (Å²) in [5, 5.41) is 2.10. The lowest BCUT2D eigenvalue weighted by atomic mass is 10.2. The Morgan fingerprint density at radius 3 is 2.67 bits per heavy atom. The van der Waals surface area contributed by atoms with Crippen LogP contribution in [-0.4, -0.2) is 12.7 Å². The maximum atomic E-state index is 13.2. The highest BCUT2D eigenvalue weighted by Crippen LogP contribution is 2.18. The van der Waals surface area contributed by atoms with Gasteiger partial charge in [-0.15, -0.1) is 0 Å². The standard InChI is InChI=1S/C10H11F2NO2/c1-3-15-10(14)13-9-5-7(11)6(2)4-8(9)12/h4-5H,3H2,1-2H3,(H,13,14). The van der Waals surface area contributed by atoms with Crippen LogP contribution in [0.25, 0.3) is 0 Å². The molecule has 15 heavy (non-hydrogen) atoms. The van der Waals surface area contributed by atoms with E-state index in [1.807, 2.05) is 0 Å². The van der Waals surface area contributed by atoms with Gasteiger partial charge in [-0.25, -0.2) is 13.6 Å². The first kappa shape index (κ1) is 11.4. The predicted octanol–water partition coefficient (Wildman–Crippen LogP) is 2.84. The number of benzene rings is 1. The topological polar surface area (TPSA) is 38.3 Å². The van der Waals surface area contributed by atoms with Gasteiger partial charge in [0, 0.05) is 6.07 Å². The van der Waals surface area contributed by atoms with E-state index in [1.165, 1.54) is 6.92 Å². The van der Waals surface area contributed by atoms with E-state index in [0.29, 0.717) is 0 Å². The fourth-order valence-corrected chi connectivity index (χ4v) is 1.02. The van der Waals surface area contributed by atoms with Crippen LogP contribution in [-0.2, 0) is 4.74 Å². The molecule has 0 radical (unpaired) electrons. The summed E-state index contributed by atoms with van der Waals surface area (Å²) < 4.78 is 30.8. The first-order valence-electron chi connectivity index (χ1n) is 4.44. The van der Waals surface area contributed by atoms with Gasteiger partial charge in [-0.2, -0.15) is 0 Å². The van der Waals surface area contributed by atoms with Crippen molar-refractivity contribution in [3.8, 4) is 0 Å². The molecule has 0 saturated heterocycles. The van der Waals surface area contributed by atoms with E-state index in [-0.39, 0.29) is 17.9 Å². The Labute approximate surface area is 86.0 Å². The minimum Gasteiger partial charge on any atom is -0.450 e. The number of ether oxygens (including phenoxy) is 1. The summed E-state index contributed by atoms with van der Waals surface area (Å²) >= 11 is 0. The second-order valence-corrected chi connectivity index (χ2v) is 2.93. The minimum absolute atomic E-state index is 0.168. The summed E-state index contributed by atoms with van der Waals surface area (Å²) in [6, 6.07) is 1.93. The van der Waals surface area contributed by atoms with Crippen LogP contribution in [0.1, 0.15) is 12.5 Å². The number of amides is 1. The van der Waals surface area contributed by atoms with Crippen LogP contribution in [0.5, 0.6) is 0 Å². The Kier molecular flexibility index (Phi) is 3.60. The van der Waals surface area contributed by atoms with Gasteiger partial charge in [0.15, 0.2) is 0 Å². The minimum atomic E-state index is -0.806. The molecule has 3 nitrogen and oxygen atoms in total. The fourth-order valence-electron chi connectivity index (χ4n) is 1.02. The fraction of sp³-hybridized carbons (Fsp3) is 0.300. The normalized spacial score (nSPS) is 9.87. The van der Waals surface area contributed by atoms with Crippen molar-refractivity contribution < 1.29 is 18.3 Å². The molecule has 0 bridgehead atoms. The van der Waals surface area contributed by atoms with Crippen molar-refractivity contribution in [2.45, 2.75) is 13.8 Å². The van der Waals surface area contributed by atoms with Gasteiger partial charge in [0.05, 0.1) is 12.3 Å². The highest BCUT2D eigenvalue weighted by Gasteiger charge is 2.10. The van der Waals surface area contributed by atoms with Crippen molar-refractivity contribution in [2.24, 2.45) is 0 Å². The van der Waals surface area contributed by atoms with Crippen molar-refractivity contribution >= 4 is 11.8 Å². The van der Waals surface area contributed by atoms with Crippen molar-refractivity contribution in [3.63, 3.8) is 0 Å². The third-order valence-corrected chi connectivity index (χ3v) is 1.76. The molecule has 0 saturated carbocycles. The second kappa shape index (κ2) is 4.72. The summed E-state index contributed by atoms with van der Waals surface area (Å²) in [5.41, 5.74) is -0.0431. The first-order valence-corrected chi connectivity index (χ1v) is 4.44. The Bertz CT molecular complexity index is 380. The van der Waals surface area contributed by atoms with Crippen LogP contribution in [0.3, 0.4) is 0 Å². The number of carbonyl (C=O) groups excluding carboxylic acids is 1. The largest absolute Gasteiger partial charge is 0.450 e. The molecule has 1 amide bonds. The Morgan fingerprint density at radius 2 is 2.07 bits per heavy atom. The van der Waals surface area contributed by atoms with E-state index in [9.17, 15) is 13.6 Å². The van der Waals surface area contributed by atoms with Gasteiger partial charge >= 0.3 is 6.09 Å². The Hall–Kier alpha value is -1.65. The lowest BCUT2D eigenvalue weighted by Crippen LogP contribution is -2.14. The number of carbonyl (C=O) groups is 1. The summed E-state index contributed by atoms with van der Waals surface area (Å²) in [4.78, 5) is 10.9. The lowest BCUT2D eigenvalue weighted by molar-refractivity contribution is 0.168. The quantitative estimate of drug-likeness (QED) is 0.823. The van der Waals surface area contributed by atoms with Crippen LogP contribution < -0.4 is 5.32 Å². The van der Waals surface area contributed by atoms with Crippen molar-refractivity contribution in [3.05, 3.63) is 29.3 Å². The number of nitrogens with one attached hydrogen (secondary N) is 1. The van der Waals surface area contributed by atoms with Crippen LogP contribution in [0.4, 0.5) is 19.3 Å². The molecule has 0 fully saturated rings. The van der Waals surface area contributed by atoms with Crippen molar-refractivity contribution in [1.82, 2.24) is 0 Å².